The van der Waals surface area contributed by atoms with Crippen LogP contribution >= 0.6 is 11.3 Å². The molecule has 19 heavy (non-hydrogen) atoms. The summed E-state index contributed by atoms with van der Waals surface area (Å²) >= 11 is 1.51. The zero-order valence-corrected chi connectivity index (χ0v) is 11.4. The van der Waals surface area contributed by atoms with E-state index in [1.807, 2.05) is 17.5 Å². The molecule has 0 spiro atoms. The van der Waals surface area contributed by atoms with E-state index in [0.29, 0.717) is 11.3 Å². The Labute approximate surface area is 114 Å². The Hall–Kier alpha value is -2.21. The van der Waals surface area contributed by atoms with Gasteiger partial charge in [-0.2, -0.15) is 5.10 Å². The van der Waals surface area contributed by atoms with Crippen molar-refractivity contribution in [2.75, 3.05) is 0 Å². The number of nitrogens with two attached hydrogens (primary N) is 1. The Bertz CT molecular complexity index is 699. The molecule has 2 rings (SSSR count). The monoisotopic (exact) mass is 275 g/mol. The molecule has 0 saturated carbocycles. The van der Waals surface area contributed by atoms with Crippen molar-refractivity contribution in [1.29, 1.82) is 0 Å². The van der Waals surface area contributed by atoms with Gasteiger partial charge in [0, 0.05) is 10.6 Å². The minimum Gasteiger partial charge on any atom is -0.365 e. The Morgan fingerprint density at radius 2 is 2.21 bits per heavy atom. The van der Waals surface area contributed by atoms with Crippen LogP contribution in [0.25, 0.3) is 0 Å². The van der Waals surface area contributed by atoms with E-state index in [0.717, 1.165) is 4.88 Å². The highest BCUT2D eigenvalue weighted by molar-refractivity contribution is 7.11. The maximum Gasteiger partial charge on any atom is 0.284 e. The summed E-state index contributed by atoms with van der Waals surface area (Å²) in [5.41, 5.74) is 5.94. The second kappa shape index (κ2) is 5.19. The zero-order valence-electron chi connectivity index (χ0n) is 10.6. The Balaban J connectivity index is 2.55. The maximum atomic E-state index is 12.2. The van der Waals surface area contributed by atoms with Crippen LogP contribution < -0.4 is 11.3 Å². The molecule has 5 nitrogen and oxygen atoms in total. The van der Waals surface area contributed by atoms with Crippen molar-refractivity contribution in [3.8, 4) is 0 Å². The summed E-state index contributed by atoms with van der Waals surface area (Å²) in [4.78, 5) is 24.4. The van der Waals surface area contributed by atoms with Crippen molar-refractivity contribution < 1.29 is 4.79 Å². The molecular formula is C13H13N3O2S. The van der Waals surface area contributed by atoms with Gasteiger partial charge < -0.3 is 5.73 Å². The average Bonchev–Trinajstić information content (AvgIpc) is 2.80. The molecule has 1 amide bonds. The Morgan fingerprint density at radius 1 is 1.47 bits per heavy atom. The summed E-state index contributed by atoms with van der Waals surface area (Å²) in [6.45, 7) is 3.44. The number of rotatable bonds is 3. The topological polar surface area (TPSA) is 77.4 Å². The highest BCUT2D eigenvalue weighted by Crippen LogP contribution is 2.07. The summed E-state index contributed by atoms with van der Waals surface area (Å²) in [7, 11) is 0. The van der Waals surface area contributed by atoms with E-state index in [9.17, 15) is 9.59 Å². The largest absolute Gasteiger partial charge is 0.365 e. The standard InChI is InChI=1S/C13H13N3O2S/c1-8-6-9(2)16(13(18)11(8)12(14)17)15-7-10-4-3-5-19-10/h3-7H,1-2H3,(H2,14,17). The van der Waals surface area contributed by atoms with Crippen LogP contribution in [0.4, 0.5) is 0 Å². The molecule has 0 radical (unpaired) electrons. The molecule has 6 heteroatoms. The van der Waals surface area contributed by atoms with Crippen LogP contribution in [-0.4, -0.2) is 16.8 Å². The van der Waals surface area contributed by atoms with Crippen LogP contribution in [0.3, 0.4) is 0 Å². The van der Waals surface area contributed by atoms with Gasteiger partial charge in [-0.15, -0.1) is 11.3 Å². The molecule has 0 aliphatic rings. The molecule has 0 aliphatic carbocycles. The third-order valence-electron chi connectivity index (χ3n) is 2.65. The normalized spacial score (nSPS) is 11.1. The van der Waals surface area contributed by atoms with Crippen LogP contribution in [0.5, 0.6) is 0 Å². The van der Waals surface area contributed by atoms with Gasteiger partial charge in [0.25, 0.3) is 11.5 Å². The van der Waals surface area contributed by atoms with Crippen LogP contribution in [0.2, 0.25) is 0 Å². The average molecular weight is 275 g/mol. The highest BCUT2D eigenvalue weighted by Gasteiger charge is 2.14. The number of hydrogen-bond acceptors (Lipinski definition) is 4. The third-order valence-corrected chi connectivity index (χ3v) is 3.46. The second-order valence-electron chi connectivity index (χ2n) is 4.08. The first-order valence-electron chi connectivity index (χ1n) is 5.61. The first-order valence-corrected chi connectivity index (χ1v) is 6.49. The smallest absolute Gasteiger partial charge is 0.284 e. The Kier molecular flexibility index (Phi) is 3.62. The van der Waals surface area contributed by atoms with Crippen LogP contribution in [0, 0.1) is 13.8 Å². The molecule has 98 valence electrons. The van der Waals surface area contributed by atoms with Gasteiger partial charge in [0.1, 0.15) is 5.56 Å². The van der Waals surface area contributed by atoms with Crippen LogP contribution in [-0.2, 0) is 0 Å². The number of aryl methyl sites for hydroxylation is 2. The molecule has 0 fully saturated rings. The van der Waals surface area contributed by atoms with Gasteiger partial charge in [-0.25, -0.2) is 4.68 Å². The fourth-order valence-electron chi connectivity index (χ4n) is 1.80. The lowest BCUT2D eigenvalue weighted by Gasteiger charge is -2.07. The van der Waals surface area contributed by atoms with Crippen molar-refractivity contribution in [1.82, 2.24) is 4.68 Å². The number of aromatic nitrogens is 1. The minimum absolute atomic E-state index is 0.0195. The van der Waals surface area contributed by atoms with Crippen molar-refractivity contribution in [2.24, 2.45) is 10.8 Å². The lowest BCUT2D eigenvalue weighted by atomic mass is 10.1. The number of amides is 1. The summed E-state index contributed by atoms with van der Waals surface area (Å²) in [5.74, 6) is -0.734. The second-order valence-corrected chi connectivity index (χ2v) is 5.06. The van der Waals surface area contributed by atoms with Gasteiger partial charge in [0.15, 0.2) is 0 Å². The molecule has 0 bridgehead atoms. The lowest BCUT2D eigenvalue weighted by Crippen LogP contribution is -2.30. The summed E-state index contributed by atoms with van der Waals surface area (Å²) < 4.78 is 1.19. The number of hydrogen-bond donors (Lipinski definition) is 1. The minimum atomic E-state index is -0.734. The third kappa shape index (κ3) is 2.63. The molecule has 2 heterocycles. The quantitative estimate of drug-likeness (QED) is 0.862. The van der Waals surface area contributed by atoms with Crippen molar-refractivity contribution in [3.63, 3.8) is 0 Å². The van der Waals surface area contributed by atoms with Gasteiger partial charge in [0.2, 0.25) is 0 Å². The molecule has 0 aliphatic heterocycles. The van der Waals surface area contributed by atoms with Crippen LogP contribution in [0.15, 0.2) is 33.5 Å². The van der Waals surface area contributed by atoms with Crippen molar-refractivity contribution in [2.45, 2.75) is 13.8 Å². The number of thiophene rings is 1. The first kappa shape index (κ1) is 13.2. The number of carbonyl (C=O) groups excluding carboxylic acids is 1. The lowest BCUT2D eigenvalue weighted by molar-refractivity contribution is 0.0997. The molecule has 2 aromatic rings. The number of primary amides is 1. The summed E-state index contributed by atoms with van der Waals surface area (Å²) in [6.07, 6.45) is 1.58. The number of nitrogens with zero attached hydrogens (tertiary/aromatic N) is 2. The number of pyridine rings is 1. The van der Waals surface area contributed by atoms with E-state index < -0.39 is 11.5 Å². The molecule has 0 atom stereocenters. The van der Waals surface area contributed by atoms with E-state index in [1.54, 1.807) is 26.1 Å². The van der Waals surface area contributed by atoms with Crippen LogP contribution in [0.1, 0.15) is 26.5 Å². The molecule has 2 N–H and O–H groups in total. The van der Waals surface area contributed by atoms with E-state index in [1.165, 1.54) is 16.0 Å². The fourth-order valence-corrected chi connectivity index (χ4v) is 2.38. The highest BCUT2D eigenvalue weighted by atomic mass is 32.1. The fraction of sp³-hybridized carbons (Fsp3) is 0.154. The predicted molar refractivity (Wildman–Crippen MR) is 76.0 cm³/mol. The molecule has 0 saturated heterocycles. The number of carbonyl (C=O) groups is 1. The van der Waals surface area contributed by atoms with Crippen molar-refractivity contribution in [3.05, 3.63) is 55.6 Å². The first-order chi connectivity index (χ1) is 9.00. The molecule has 0 unspecified atom stereocenters. The van der Waals surface area contributed by atoms with Gasteiger partial charge in [-0.3, -0.25) is 9.59 Å². The van der Waals surface area contributed by atoms with Gasteiger partial charge >= 0.3 is 0 Å². The van der Waals surface area contributed by atoms with E-state index >= 15 is 0 Å². The SMILES string of the molecule is Cc1cc(C)n(N=Cc2cccs2)c(=O)c1C(N)=O. The van der Waals surface area contributed by atoms with E-state index in [4.69, 9.17) is 5.73 Å². The van der Waals surface area contributed by atoms with Gasteiger partial charge in [-0.1, -0.05) is 6.07 Å². The summed E-state index contributed by atoms with van der Waals surface area (Å²) in [6, 6.07) is 5.50. The Morgan fingerprint density at radius 3 is 2.79 bits per heavy atom. The van der Waals surface area contributed by atoms with E-state index in [2.05, 4.69) is 5.10 Å². The molecular weight excluding hydrogens is 262 g/mol. The van der Waals surface area contributed by atoms with Crippen molar-refractivity contribution >= 4 is 23.5 Å². The van der Waals surface area contributed by atoms with Gasteiger partial charge in [-0.05, 0) is 36.9 Å². The molecule has 2 aromatic heterocycles. The predicted octanol–water partition coefficient (Wildman–Crippen LogP) is 1.51. The van der Waals surface area contributed by atoms with Gasteiger partial charge in [0.05, 0.1) is 6.21 Å². The zero-order chi connectivity index (χ0) is 14.0. The maximum absolute atomic E-state index is 12.2. The summed E-state index contributed by atoms with van der Waals surface area (Å²) in [5, 5.41) is 6.03. The van der Waals surface area contributed by atoms with E-state index in [-0.39, 0.29) is 5.56 Å². The molecule has 0 aromatic carbocycles.